The van der Waals surface area contributed by atoms with Gasteiger partial charge >= 0.3 is 5.97 Å². The Balaban J connectivity index is 1.98. The lowest BCUT2D eigenvalue weighted by atomic mass is 9.51. The molecular weight excluding hydrogens is 252 g/mol. The van der Waals surface area contributed by atoms with Crippen molar-refractivity contribution in [1.29, 1.82) is 0 Å². The van der Waals surface area contributed by atoms with E-state index < -0.39 is 5.97 Å². The molecule has 0 bridgehead atoms. The first-order valence-corrected chi connectivity index (χ1v) is 7.60. The molecule has 0 heterocycles. The lowest BCUT2D eigenvalue weighted by Gasteiger charge is -2.53. The van der Waals surface area contributed by atoms with Gasteiger partial charge in [-0.2, -0.15) is 0 Å². The minimum absolute atomic E-state index is 0.0786. The Kier molecular flexibility index (Phi) is 3.11. The molecule has 0 radical (unpaired) electrons. The van der Waals surface area contributed by atoms with Crippen molar-refractivity contribution in [3.05, 3.63) is 23.8 Å². The highest BCUT2D eigenvalue weighted by molar-refractivity contribution is 6.01. The molecule has 0 saturated heterocycles. The molecule has 1 N–H and O–H groups in total. The summed E-state index contributed by atoms with van der Waals surface area (Å²) in [5, 5.41) is 9.58. The average Bonchev–Trinajstić information content (AvgIpc) is 2.39. The normalized spacial score (nSPS) is 43.5. The highest BCUT2D eigenvalue weighted by atomic mass is 16.4. The second-order valence-corrected chi connectivity index (χ2v) is 6.92. The fourth-order valence-corrected chi connectivity index (χ4v) is 4.82. The number of carboxylic acid groups (broad SMARTS) is 1. The molecule has 3 aliphatic rings. The predicted molar refractivity (Wildman–Crippen MR) is 76.1 cm³/mol. The number of carbonyl (C=O) groups excluding carboxylic acids is 1. The van der Waals surface area contributed by atoms with Crippen LogP contribution in [0, 0.1) is 29.1 Å². The van der Waals surface area contributed by atoms with Gasteiger partial charge in [0.15, 0.2) is 5.78 Å². The number of allylic oxidation sites excluding steroid dienone is 4. The molecule has 1 unspecified atom stereocenters. The van der Waals surface area contributed by atoms with Crippen LogP contribution in [-0.2, 0) is 9.59 Å². The second-order valence-electron chi connectivity index (χ2n) is 6.92. The van der Waals surface area contributed by atoms with Crippen molar-refractivity contribution in [2.45, 2.75) is 39.5 Å². The SMILES string of the molecule is C[C@@H]1CC[C@H]2[C@@H](CCC3=CC(=O)C=C[C@@]32C)C1C(=O)O. The van der Waals surface area contributed by atoms with Crippen molar-refractivity contribution in [2.75, 3.05) is 0 Å². The van der Waals surface area contributed by atoms with E-state index in [0.717, 1.165) is 25.7 Å². The van der Waals surface area contributed by atoms with Gasteiger partial charge in [0.05, 0.1) is 5.92 Å². The van der Waals surface area contributed by atoms with Crippen molar-refractivity contribution in [3.8, 4) is 0 Å². The van der Waals surface area contributed by atoms with E-state index in [1.807, 2.05) is 6.08 Å². The number of fused-ring (bicyclic) bond motifs is 3. The summed E-state index contributed by atoms with van der Waals surface area (Å²) in [6.07, 6.45) is 9.31. The van der Waals surface area contributed by atoms with Gasteiger partial charge in [-0.1, -0.05) is 25.5 Å². The van der Waals surface area contributed by atoms with Gasteiger partial charge in [-0.25, -0.2) is 0 Å². The van der Waals surface area contributed by atoms with Gasteiger partial charge in [0.1, 0.15) is 0 Å². The Labute approximate surface area is 119 Å². The Bertz CT molecular complexity index is 516. The molecule has 0 amide bonds. The second kappa shape index (κ2) is 4.57. The quantitative estimate of drug-likeness (QED) is 0.798. The zero-order valence-corrected chi connectivity index (χ0v) is 12.1. The number of carboxylic acids is 1. The van der Waals surface area contributed by atoms with Crippen molar-refractivity contribution < 1.29 is 14.7 Å². The Morgan fingerprint density at radius 1 is 1.35 bits per heavy atom. The largest absolute Gasteiger partial charge is 0.481 e. The van der Waals surface area contributed by atoms with Crippen LogP contribution in [-0.4, -0.2) is 16.9 Å². The van der Waals surface area contributed by atoms with Crippen LogP contribution >= 0.6 is 0 Å². The van der Waals surface area contributed by atoms with Crippen LogP contribution < -0.4 is 0 Å². The number of carbonyl (C=O) groups is 2. The molecule has 3 nitrogen and oxygen atoms in total. The minimum Gasteiger partial charge on any atom is -0.481 e. The third-order valence-electron chi connectivity index (χ3n) is 5.93. The number of ketones is 1. The molecule has 20 heavy (non-hydrogen) atoms. The molecule has 0 aromatic heterocycles. The Morgan fingerprint density at radius 3 is 2.80 bits per heavy atom. The first-order valence-electron chi connectivity index (χ1n) is 7.60. The molecule has 108 valence electrons. The van der Waals surface area contributed by atoms with Crippen LogP contribution in [0.5, 0.6) is 0 Å². The number of aliphatic carboxylic acids is 1. The van der Waals surface area contributed by atoms with Gasteiger partial charge in [-0.05, 0) is 55.6 Å². The van der Waals surface area contributed by atoms with E-state index in [4.69, 9.17) is 0 Å². The molecule has 0 spiro atoms. The summed E-state index contributed by atoms with van der Waals surface area (Å²) in [7, 11) is 0. The third kappa shape index (κ3) is 1.87. The fourth-order valence-electron chi connectivity index (χ4n) is 4.82. The molecule has 3 rings (SSSR count). The summed E-state index contributed by atoms with van der Waals surface area (Å²) in [6, 6.07) is 0. The zero-order chi connectivity index (χ0) is 14.5. The molecule has 3 heteroatoms. The molecule has 0 aromatic carbocycles. The number of hydrogen-bond donors (Lipinski definition) is 1. The average molecular weight is 274 g/mol. The molecule has 5 atom stereocenters. The van der Waals surface area contributed by atoms with Crippen LogP contribution in [0.15, 0.2) is 23.8 Å². The van der Waals surface area contributed by atoms with Crippen LogP contribution in [0.1, 0.15) is 39.5 Å². The third-order valence-corrected chi connectivity index (χ3v) is 5.93. The summed E-state index contributed by atoms with van der Waals surface area (Å²) < 4.78 is 0. The molecular formula is C17H22O3. The molecule has 2 fully saturated rings. The van der Waals surface area contributed by atoms with E-state index in [9.17, 15) is 14.7 Å². The van der Waals surface area contributed by atoms with Gasteiger partial charge in [0.25, 0.3) is 0 Å². The highest BCUT2D eigenvalue weighted by Crippen LogP contribution is 2.57. The van der Waals surface area contributed by atoms with Crippen LogP contribution in [0.25, 0.3) is 0 Å². The number of rotatable bonds is 1. The molecule has 2 saturated carbocycles. The fraction of sp³-hybridized carbons (Fsp3) is 0.647. The van der Waals surface area contributed by atoms with Gasteiger partial charge in [0.2, 0.25) is 0 Å². The Morgan fingerprint density at radius 2 is 2.10 bits per heavy atom. The summed E-state index contributed by atoms with van der Waals surface area (Å²) in [5.41, 5.74) is 1.11. The predicted octanol–water partition coefficient (Wildman–Crippen LogP) is 3.21. The summed E-state index contributed by atoms with van der Waals surface area (Å²) in [5.74, 6) is 0.0876. The van der Waals surface area contributed by atoms with E-state index in [1.165, 1.54) is 5.57 Å². The van der Waals surface area contributed by atoms with Crippen molar-refractivity contribution in [2.24, 2.45) is 29.1 Å². The first-order chi connectivity index (χ1) is 9.43. The zero-order valence-electron chi connectivity index (χ0n) is 12.1. The summed E-state index contributed by atoms with van der Waals surface area (Å²) in [6.45, 7) is 4.26. The summed E-state index contributed by atoms with van der Waals surface area (Å²) >= 11 is 0. The van der Waals surface area contributed by atoms with Crippen LogP contribution in [0.4, 0.5) is 0 Å². The molecule has 0 aliphatic heterocycles. The van der Waals surface area contributed by atoms with Crippen molar-refractivity contribution >= 4 is 11.8 Å². The maximum absolute atomic E-state index is 11.6. The lowest BCUT2D eigenvalue weighted by molar-refractivity contribution is -0.150. The van der Waals surface area contributed by atoms with E-state index in [-0.39, 0.29) is 29.0 Å². The minimum atomic E-state index is -0.640. The van der Waals surface area contributed by atoms with Crippen LogP contribution in [0.3, 0.4) is 0 Å². The van der Waals surface area contributed by atoms with Gasteiger partial charge in [-0.15, -0.1) is 0 Å². The van der Waals surface area contributed by atoms with E-state index in [0.29, 0.717) is 5.92 Å². The van der Waals surface area contributed by atoms with Crippen LogP contribution in [0.2, 0.25) is 0 Å². The number of hydrogen-bond acceptors (Lipinski definition) is 2. The topological polar surface area (TPSA) is 54.4 Å². The lowest BCUT2D eigenvalue weighted by Crippen LogP contribution is -2.48. The molecule has 3 aliphatic carbocycles. The maximum atomic E-state index is 11.6. The van der Waals surface area contributed by atoms with Gasteiger partial charge < -0.3 is 5.11 Å². The van der Waals surface area contributed by atoms with Gasteiger partial charge in [-0.3, -0.25) is 9.59 Å². The molecule has 0 aromatic rings. The standard InChI is InChI=1S/C17H22O3/c1-10-3-6-14-13(15(10)16(19)20)5-4-11-9-12(18)7-8-17(11,14)2/h7-10,13-15H,3-6H2,1-2H3,(H,19,20)/t10-,13-,14+,15?,17+/m1/s1. The van der Waals surface area contributed by atoms with E-state index >= 15 is 0 Å². The maximum Gasteiger partial charge on any atom is 0.307 e. The first kappa shape index (κ1) is 13.6. The van der Waals surface area contributed by atoms with Gasteiger partial charge in [0, 0.05) is 5.41 Å². The smallest absolute Gasteiger partial charge is 0.307 e. The van der Waals surface area contributed by atoms with Crippen molar-refractivity contribution in [1.82, 2.24) is 0 Å². The monoisotopic (exact) mass is 274 g/mol. The van der Waals surface area contributed by atoms with Crippen molar-refractivity contribution in [3.63, 3.8) is 0 Å². The van der Waals surface area contributed by atoms with E-state index in [2.05, 4.69) is 13.8 Å². The Hall–Kier alpha value is -1.38. The highest BCUT2D eigenvalue weighted by Gasteiger charge is 2.51. The summed E-state index contributed by atoms with van der Waals surface area (Å²) in [4.78, 5) is 23.2. The van der Waals surface area contributed by atoms with E-state index in [1.54, 1.807) is 12.2 Å².